The van der Waals surface area contributed by atoms with Crippen LogP contribution in [-0.4, -0.2) is 41.2 Å². The first-order valence-corrected chi connectivity index (χ1v) is 7.21. The Bertz CT molecular complexity index is 380. The number of hydroxylamine groups is 1. The summed E-state index contributed by atoms with van der Waals surface area (Å²) >= 11 is 0. The van der Waals surface area contributed by atoms with E-state index in [1.54, 1.807) is 27.7 Å². The average molecular weight is 266 g/mol. The Morgan fingerprint density at radius 2 is 1.71 bits per heavy atom. The van der Waals surface area contributed by atoms with Gasteiger partial charge in [-0.3, -0.25) is 4.79 Å². The van der Waals surface area contributed by atoms with Gasteiger partial charge in [0.25, 0.3) is 5.91 Å². The number of nitrogens with zero attached hydrogens (tertiary/aromatic N) is 1. The highest BCUT2D eigenvalue weighted by Crippen LogP contribution is 2.23. The molecule has 0 aliphatic heterocycles. The van der Waals surface area contributed by atoms with Crippen molar-refractivity contribution in [3.8, 4) is 0 Å². The van der Waals surface area contributed by atoms with Crippen LogP contribution in [0.15, 0.2) is 0 Å². The molecular formula is C10H22N2O4S. The van der Waals surface area contributed by atoms with Crippen molar-refractivity contribution in [1.29, 1.82) is 0 Å². The summed E-state index contributed by atoms with van der Waals surface area (Å²) in [5.74, 6) is -0.669. The third kappa shape index (κ3) is 3.65. The predicted molar refractivity (Wildman–Crippen MR) is 65.1 cm³/mol. The van der Waals surface area contributed by atoms with Gasteiger partial charge >= 0.3 is 0 Å². The van der Waals surface area contributed by atoms with Crippen LogP contribution in [0.2, 0.25) is 0 Å². The first-order chi connectivity index (χ1) is 7.40. The monoisotopic (exact) mass is 266 g/mol. The van der Waals surface area contributed by atoms with E-state index >= 15 is 0 Å². The highest BCUT2D eigenvalue weighted by molar-refractivity contribution is 7.89. The van der Waals surface area contributed by atoms with Crippen LogP contribution in [0.3, 0.4) is 0 Å². The van der Waals surface area contributed by atoms with Crippen LogP contribution in [0.25, 0.3) is 0 Å². The molecule has 0 saturated carbocycles. The quantitative estimate of drug-likeness (QED) is 0.732. The molecule has 0 aliphatic carbocycles. The number of hydrogen-bond acceptors (Lipinski definition) is 5. The normalized spacial score (nSPS) is 16.4. The van der Waals surface area contributed by atoms with Crippen molar-refractivity contribution in [2.45, 2.75) is 52.1 Å². The highest BCUT2D eigenvalue weighted by atomic mass is 32.2. The zero-order chi connectivity index (χ0) is 14.1. The minimum atomic E-state index is -3.69. The van der Waals surface area contributed by atoms with Crippen LogP contribution < -0.4 is 5.48 Å². The van der Waals surface area contributed by atoms with Gasteiger partial charge in [0.05, 0.1) is 11.8 Å². The summed E-state index contributed by atoms with van der Waals surface area (Å²) < 4.78 is 24.2. The predicted octanol–water partition coefficient (Wildman–Crippen LogP) is 0.721. The molecular weight excluding hydrogens is 244 g/mol. The Hall–Kier alpha value is -0.660. The lowest BCUT2D eigenvalue weighted by atomic mass is 9.97. The molecule has 0 fully saturated rings. The Balaban J connectivity index is 5.62. The van der Waals surface area contributed by atoms with Gasteiger partial charge in [-0.2, -0.15) is 5.48 Å². The highest BCUT2D eigenvalue weighted by Gasteiger charge is 2.43. The zero-order valence-corrected chi connectivity index (χ0v) is 12.1. The van der Waals surface area contributed by atoms with Gasteiger partial charge in [-0.05, 0) is 34.1 Å². The van der Waals surface area contributed by atoms with E-state index in [2.05, 4.69) is 0 Å². The molecule has 102 valence electrons. The molecule has 0 spiro atoms. The first kappa shape index (κ1) is 16.3. The molecule has 0 heterocycles. The van der Waals surface area contributed by atoms with Crippen molar-refractivity contribution in [2.24, 2.45) is 0 Å². The van der Waals surface area contributed by atoms with Gasteiger partial charge in [-0.15, -0.1) is 0 Å². The number of amides is 1. The number of sulfonamides is 1. The minimum absolute atomic E-state index is 0.268. The van der Waals surface area contributed by atoms with E-state index in [9.17, 15) is 13.2 Å². The van der Waals surface area contributed by atoms with Crippen molar-refractivity contribution in [3.63, 3.8) is 0 Å². The van der Waals surface area contributed by atoms with Crippen LogP contribution in [0.5, 0.6) is 0 Å². The van der Waals surface area contributed by atoms with Crippen LogP contribution in [0.1, 0.15) is 41.0 Å². The average Bonchev–Trinajstić information content (AvgIpc) is 2.11. The van der Waals surface area contributed by atoms with E-state index in [4.69, 9.17) is 5.21 Å². The fraction of sp³-hybridized carbons (Fsp3) is 0.900. The summed E-state index contributed by atoms with van der Waals surface area (Å²) in [6.45, 7) is 8.02. The lowest BCUT2D eigenvalue weighted by molar-refractivity contribution is -0.140. The Morgan fingerprint density at radius 1 is 1.29 bits per heavy atom. The van der Waals surface area contributed by atoms with E-state index in [1.165, 1.54) is 6.92 Å². The van der Waals surface area contributed by atoms with Crippen molar-refractivity contribution in [3.05, 3.63) is 0 Å². The Morgan fingerprint density at radius 3 is 1.88 bits per heavy atom. The fourth-order valence-electron chi connectivity index (χ4n) is 1.45. The van der Waals surface area contributed by atoms with Gasteiger partial charge in [0, 0.05) is 0 Å². The second-order valence-corrected chi connectivity index (χ2v) is 7.13. The molecule has 0 radical (unpaired) electrons. The second kappa shape index (κ2) is 4.91. The molecule has 17 heavy (non-hydrogen) atoms. The summed E-state index contributed by atoms with van der Waals surface area (Å²) in [4.78, 5) is 12.2. The molecule has 0 aliphatic rings. The molecule has 7 heteroatoms. The molecule has 0 aromatic heterocycles. The Kier molecular flexibility index (Phi) is 4.72. The molecule has 0 saturated heterocycles. The molecule has 6 nitrogen and oxygen atoms in total. The van der Waals surface area contributed by atoms with E-state index < -0.39 is 27.0 Å². The van der Waals surface area contributed by atoms with E-state index in [-0.39, 0.29) is 6.42 Å². The zero-order valence-electron chi connectivity index (χ0n) is 11.2. The molecule has 0 aromatic carbocycles. The summed E-state index contributed by atoms with van der Waals surface area (Å²) in [5, 5.41) is 9.04. The second-order valence-electron chi connectivity index (χ2n) is 5.30. The minimum Gasteiger partial charge on any atom is -0.316 e. The van der Waals surface area contributed by atoms with Crippen molar-refractivity contribution >= 4 is 15.9 Å². The standard InChI is InChI=1S/C10H22N2O4S/c1-7-10(5,11-14)8(13)12(9(2,3)4)17(6,15)16/h11,14H,7H2,1-6H3. The number of carbonyl (C=O) groups is 1. The fourth-order valence-corrected chi connectivity index (χ4v) is 2.95. The largest absolute Gasteiger partial charge is 0.316 e. The summed E-state index contributed by atoms with van der Waals surface area (Å²) in [6, 6.07) is 0. The number of nitrogens with one attached hydrogen (secondary N) is 1. The van der Waals surface area contributed by atoms with Crippen LogP contribution in [0.4, 0.5) is 0 Å². The molecule has 1 atom stereocenters. The van der Waals surface area contributed by atoms with E-state index in [0.717, 1.165) is 10.6 Å². The SMILES string of the molecule is CCC(C)(NO)C(=O)N(C(C)(C)C)S(C)(=O)=O. The van der Waals surface area contributed by atoms with Gasteiger partial charge in [-0.1, -0.05) is 6.92 Å². The van der Waals surface area contributed by atoms with E-state index in [0.29, 0.717) is 0 Å². The number of hydrogen-bond donors (Lipinski definition) is 2. The van der Waals surface area contributed by atoms with Gasteiger partial charge in [0.1, 0.15) is 5.54 Å². The summed E-state index contributed by atoms with van der Waals surface area (Å²) in [6.07, 6.45) is 1.24. The van der Waals surface area contributed by atoms with Gasteiger partial charge < -0.3 is 5.21 Å². The molecule has 0 aromatic rings. The molecule has 1 amide bonds. The molecule has 2 N–H and O–H groups in total. The molecule has 1 unspecified atom stereocenters. The summed E-state index contributed by atoms with van der Waals surface area (Å²) in [7, 11) is -3.69. The smallest absolute Gasteiger partial charge is 0.258 e. The maximum Gasteiger partial charge on any atom is 0.258 e. The maximum absolute atomic E-state index is 12.2. The summed E-state index contributed by atoms with van der Waals surface area (Å²) in [5.41, 5.74) is -0.289. The maximum atomic E-state index is 12.2. The van der Waals surface area contributed by atoms with Crippen molar-refractivity contribution in [2.75, 3.05) is 6.26 Å². The topological polar surface area (TPSA) is 86.7 Å². The van der Waals surface area contributed by atoms with Gasteiger partial charge in [0.15, 0.2) is 0 Å². The van der Waals surface area contributed by atoms with Crippen molar-refractivity contribution in [1.82, 2.24) is 9.79 Å². The van der Waals surface area contributed by atoms with Crippen LogP contribution in [0, 0.1) is 0 Å². The van der Waals surface area contributed by atoms with Gasteiger partial charge in [-0.25, -0.2) is 12.7 Å². The third-order valence-corrected chi connectivity index (χ3v) is 3.93. The first-order valence-electron chi connectivity index (χ1n) is 5.36. The molecule has 0 rings (SSSR count). The third-order valence-electron chi connectivity index (χ3n) is 2.55. The number of carbonyl (C=O) groups excluding carboxylic acids is 1. The number of rotatable bonds is 4. The van der Waals surface area contributed by atoms with Crippen LogP contribution >= 0.6 is 0 Å². The van der Waals surface area contributed by atoms with Crippen molar-refractivity contribution < 1.29 is 18.4 Å². The lowest BCUT2D eigenvalue weighted by Gasteiger charge is -2.39. The lowest BCUT2D eigenvalue weighted by Crippen LogP contribution is -2.60. The molecule has 0 bridgehead atoms. The van der Waals surface area contributed by atoms with E-state index in [1.807, 2.05) is 5.48 Å². The van der Waals surface area contributed by atoms with Gasteiger partial charge in [0.2, 0.25) is 10.0 Å². The van der Waals surface area contributed by atoms with Crippen LogP contribution in [-0.2, 0) is 14.8 Å². The Labute approximate surface area is 103 Å².